The number of benzene rings is 3. The highest BCUT2D eigenvalue weighted by Gasteiger charge is 2.13. The molecule has 0 aliphatic carbocycles. The van der Waals surface area contributed by atoms with E-state index in [1.807, 2.05) is 54.6 Å². The predicted octanol–water partition coefficient (Wildman–Crippen LogP) is 4.19. The number of fused-ring (bicyclic) bond motifs is 1. The third-order valence-electron chi connectivity index (χ3n) is 5.04. The van der Waals surface area contributed by atoms with Crippen LogP contribution in [0.5, 0.6) is 11.5 Å². The van der Waals surface area contributed by atoms with Gasteiger partial charge in [-0.15, -0.1) is 0 Å². The van der Waals surface area contributed by atoms with Crippen LogP contribution in [0.1, 0.15) is 18.9 Å². The molecule has 0 aromatic heterocycles. The molecule has 0 atom stereocenters. The van der Waals surface area contributed by atoms with Crippen LogP contribution in [0.25, 0.3) is 11.1 Å². The molecular formula is C26H25N3O4. The van der Waals surface area contributed by atoms with Crippen LogP contribution >= 0.6 is 0 Å². The van der Waals surface area contributed by atoms with Crippen molar-refractivity contribution in [1.29, 1.82) is 0 Å². The zero-order valence-corrected chi connectivity index (χ0v) is 18.3. The van der Waals surface area contributed by atoms with Crippen LogP contribution in [0.15, 0.2) is 77.9 Å². The molecule has 1 aliphatic heterocycles. The molecule has 0 spiro atoms. The van der Waals surface area contributed by atoms with Gasteiger partial charge in [0, 0.05) is 17.5 Å². The summed E-state index contributed by atoms with van der Waals surface area (Å²) < 4.78 is 11.0. The van der Waals surface area contributed by atoms with Gasteiger partial charge in [-0.1, -0.05) is 54.6 Å². The van der Waals surface area contributed by atoms with E-state index in [-0.39, 0.29) is 24.7 Å². The zero-order valence-electron chi connectivity index (χ0n) is 18.3. The lowest BCUT2D eigenvalue weighted by Crippen LogP contribution is -2.23. The number of hydrogen-bond acceptors (Lipinski definition) is 5. The zero-order chi connectivity index (χ0) is 23.0. The lowest BCUT2D eigenvalue weighted by atomic mass is 10.0. The molecule has 2 N–H and O–H groups in total. The summed E-state index contributed by atoms with van der Waals surface area (Å²) in [5, 5.41) is 6.85. The van der Waals surface area contributed by atoms with Crippen molar-refractivity contribution in [1.82, 2.24) is 5.43 Å². The summed E-state index contributed by atoms with van der Waals surface area (Å²) in [5.74, 6) is 0.788. The molecule has 3 aromatic rings. The van der Waals surface area contributed by atoms with Crippen molar-refractivity contribution in [3.05, 3.63) is 78.4 Å². The number of hydrazone groups is 1. The maximum atomic E-state index is 12.3. The van der Waals surface area contributed by atoms with Gasteiger partial charge >= 0.3 is 0 Å². The number of carbonyl (C=O) groups excluding carboxylic acids is 2. The first-order chi connectivity index (χ1) is 16.1. The van der Waals surface area contributed by atoms with E-state index < -0.39 is 0 Å². The standard InChI is InChI=1S/C26H25N3O4/c1-18(15-25(30)27-22-11-12-23-24(17-22)33-14-13-32-23)28-29-26(31)16-19-7-9-21(10-8-19)20-5-3-2-4-6-20/h2-12,17H,13-16H2,1H3,(H,27,30)(H,29,31)/b28-18+. The summed E-state index contributed by atoms with van der Waals surface area (Å²) in [6.07, 6.45) is 0.260. The Morgan fingerprint density at radius 2 is 1.55 bits per heavy atom. The third-order valence-corrected chi connectivity index (χ3v) is 5.04. The van der Waals surface area contributed by atoms with Crippen LogP contribution in [0.4, 0.5) is 5.69 Å². The minimum absolute atomic E-state index is 0.0560. The number of hydrogen-bond donors (Lipinski definition) is 2. The van der Waals surface area contributed by atoms with Crippen LogP contribution in [0.2, 0.25) is 0 Å². The summed E-state index contributed by atoms with van der Waals surface area (Å²) >= 11 is 0. The molecule has 0 bridgehead atoms. The number of carbonyl (C=O) groups is 2. The van der Waals surface area contributed by atoms with Gasteiger partial charge in [-0.25, -0.2) is 5.43 Å². The number of nitrogens with zero attached hydrogens (tertiary/aromatic N) is 1. The Labute approximate surface area is 192 Å². The van der Waals surface area contributed by atoms with Crippen LogP contribution in [0.3, 0.4) is 0 Å². The number of nitrogens with one attached hydrogen (secondary N) is 2. The van der Waals surface area contributed by atoms with Gasteiger partial charge in [-0.05, 0) is 35.7 Å². The van der Waals surface area contributed by atoms with Crippen molar-refractivity contribution in [2.24, 2.45) is 5.10 Å². The first kappa shape index (κ1) is 22.1. The Balaban J connectivity index is 1.25. The normalized spacial score (nSPS) is 12.7. The van der Waals surface area contributed by atoms with E-state index in [4.69, 9.17) is 9.47 Å². The fourth-order valence-corrected chi connectivity index (χ4v) is 3.43. The maximum Gasteiger partial charge on any atom is 0.244 e. The van der Waals surface area contributed by atoms with Crippen molar-refractivity contribution >= 4 is 23.2 Å². The average Bonchev–Trinajstić information content (AvgIpc) is 2.83. The molecule has 33 heavy (non-hydrogen) atoms. The van der Waals surface area contributed by atoms with Gasteiger partial charge in [0.2, 0.25) is 11.8 Å². The average molecular weight is 444 g/mol. The van der Waals surface area contributed by atoms with Crippen LogP contribution in [0, 0.1) is 0 Å². The number of anilines is 1. The van der Waals surface area contributed by atoms with Crippen molar-refractivity contribution in [3.63, 3.8) is 0 Å². The summed E-state index contributed by atoms with van der Waals surface area (Å²) in [5.41, 5.74) is 6.74. The van der Waals surface area contributed by atoms with Crippen molar-refractivity contribution in [2.75, 3.05) is 18.5 Å². The molecule has 7 nitrogen and oxygen atoms in total. The number of ether oxygens (including phenoxy) is 2. The fourth-order valence-electron chi connectivity index (χ4n) is 3.43. The van der Waals surface area contributed by atoms with E-state index in [1.54, 1.807) is 25.1 Å². The van der Waals surface area contributed by atoms with Gasteiger partial charge in [0.1, 0.15) is 13.2 Å². The quantitative estimate of drug-likeness (QED) is 0.423. The molecular weight excluding hydrogens is 418 g/mol. The second kappa shape index (κ2) is 10.5. The highest BCUT2D eigenvalue weighted by Crippen LogP contribution is 2.32. The summed E-state index contributed by atoms with van der Waals surface area (Å²) in [6.45, 7) is 2.68. The molecule has 0 unspecified atom stereocenters. The summed E-state index contributed by atoms with van der Waals surface area (Å²) in [7, 11) is 0. The minimum atomic E-state index is -0.242. The molecule has 7 heteroatoms. The van der Waals surface area contributed by atoms with Gasteiger partial charge in [-0.3, -0.25) is 9.59 Å². The predicted molar refractivity (Wildman–Crippen MR) is 128 cm³/mol. The molecule has 2 amide bonds. The van der Waals surface area contributed by atoms with Gasteiger partial charge < -0.3 is 14.8 Å². The van der Waals surface area contributed by atoms with Gasteiger partial charge in [0.15, 0.2) is 11.5 Å². The van der Waals surface area contributed by atoms with E-state index in [2.05, 4.69) is 15.8 Å². The summed E-state index contributed by atoms with van der Waals surface area (Å²) in [6, 6.07) is 23.1. The fraction of sp³-hybridized carbons (Fsp3) is 0.192. The molecule has 3 aromatic carbocycles. The van der Waals surface area contributed by atoms with Crippen LogP contribution in [-0.4, -0.2) is 30.7 Å². The molecule has 0 saturated heterocycles. The third kappa shape index (κ3) is 6.20. The number of rotatable bonds is 7. The van der Waals surface area contributed by atoms with Crippen molar-refractivity contribution < 1.29 is 19.1 Å². The first-order valence-electron chi connectivity index (χ1n) is 10.7. The monoisotopic (exact) mass is 443 g/mol. The van der Waals surface area contributed by atoms with Gasteiger partial charge in [0.05, 0.1) is 12.8 Å². The molecule has 1 heterocycles. The van der Waals surface area contributed by atoms with E-state index >= 15 is 0 Å². The molecule has 4 rings (SSSR count). The lowest BCUT2D eigenvalue weighted by Gasteiger charge is -2.19. The van der Waals surface area contributed by atoms with Crippen molar-refractivity contribution in [3.8, 4) is 22.6 Å². The molecule has 0 saturated carbocycles. The topological polar surface area (TPSA) is 89.0 Å². The molecule has 1 aliphatic rings. The number of amides is 2. The largest absolute Gasteiger partial charge is 0.486 e. The SMILES string of the molecule is C/C(CC(=O)Nc1ccc2c(c1)OCCO2)=N\NC(=O)Cc1ccc(-c2ccccc2)cc1. The first-order valence-corrected chi connectivity index (χ1v) is 10.7. The van der Waals surface area contributed by atoms with Gasteiger partial charge in [-0.2, -0.15) is 5.10 Å². The Kier molecular flexibility index (Phi) is 6.99. The lowest BCUT2D eigenvalue weighted by molar-refractivity contribution is -0.120. The van der Waals surface area contributed by atoms with Crippen molar-refractivity contribution in [2.45, 2.75) is 19.8 Å². The van der Waals surface area contributed by atoms with Crippen LogP contribution < -0.4 is 20.2 Å². The van der Waals surface area contributed by atoms with E-state index in [0.29, 0.717) is 36.1 Å². The van der Waals surface area contributed by atoms with Gasteiger partial charge in [0.25, 0.3) is 0 Å². The second-order valence-electron chi connectivity index (χ2n) is 7.71. The molecule has 0 radical (unpaired) electrons. The minimum Gasteiger partial charge on any atom is -0.486 e. The maximum absolute atomic E-state index is 12.3. The molecule has 0 fully saturated rings. The highest BCUT2D eigenvalue weighted by atomic mass is 16.6. The highest BCUT2D eigenvalue weighted by molar-refractivity contribution is 6.05. The second-order valence-corrected chi connectivity index (χ2v) is 7.71. The van der Waals surface area contributed by atoms with E-state index in [9.17, 15) is 9.59 Å². The van der Waals surface area contributed by atoms with E-state index in [1.165, 1.54) is 0 Å². The van der Waals surface area contributed by atoms with E-state index in [0.717, 1.165) is 16.7 Å². The Morgan fingerprint density at radius 1 is 0.848 bits per heavy atom. The van der Waals surface area contributed by atoms with Crippen LogP contribution in [-0.2, 0) is 16.0 Å². The molecule has 168 valence electrons. The smallest absolute Gasteiger partial charge is 0.244 e. The summed E-state index contributed by atoms with van der Waals surface area (Å²) in [4.78, 5) is 24.5. The Morgan fingerprint density at radius 3 is 2.30 bits per heavy atom. The Hall–Kier alpha value is -4.13. The Bertz CT molecular complexity index is 1160.